The van der Waals surface area contributed by atoms with E-state index in [2.05, 4.69) is 28.4 Å². The third-order valence-electron chi connectivity index (χ3n) is 5.85. The van der Waals surface area contributed by atoms with Gasteiger partial charge >= 0.3 is 0 Å². The molecule has 2 unspecified atom stereocenters. The van der Waals surface area contributed by atoms with Crippen LogP contribution in [-0.2, 0) is 22.5 Å². The summed E-state index contributed by atoms with van der Waals surface area (Å²) in [6.45, 7) is 2.29. The quantitative estimate of drug-likeness (QED) is 0.769. The maximum Gasteiger partial charge on any atom is 0.234 e. The zero-order chi connectivity index (χ0) is 20.1. The highest BCUT2D eigenvalue weighted by atomic mass is 19.1. The van der Waals surface area contributed by atoms with Crippen LogP contribution in [0.5, 0.6) is 0 Å². The minimum Gasteiger partial charge on any atom is -0.377 e. The summed E-state index contributed by atoms with van der Waals surface area (Å²) in [5.74, 6) is -0.232. The molecule has 1 fully saturated rings. The first-order chi connectivity index (χ1) is 14.2. The molecule has 154 valence electrons. The molecule has 2 aromatic rings. The van der Waals surface area contributed by atoms with Crippen molar-refractivity contribution in [2.24, 2.45) is 0 Å². The van der Waals surface area contributed by atoms with E-state index in [1.165, 1.54) is 23.3 Å². The van der Waals surface area contributed by atoms with Crippen molar-refractivity contribution in [1.29, 1.82) is 0 Å². The second-order valence-electron chi connectivity index (χ2n) is 8.15. The summed E-state index contributed by atoms with van der Waals surface area (Å²) in [6, 6.07) is 15.1. The Labute approximate surface area is 172 Å². The molecule has 2 atom stereocenters. The molecule has 5 heteroatoms. The molecule has 1 aliphatic carbocycles. The predicted molar refractivity (Wildman–Crippen MR) is 111 cm³/mol. The van der Waals surface area contributed by atoms with Gasteiger partial charge in [0.2, 0.25) is 5.91 Å². The van der Waals surface area contributed by atoms with E-state index in [1.807, 2.05) is 12.1 Å². The third-order valence-corrected chi connectivity index (χ3v) is 5.85. The fourth-order valence-electron chi connectivity index (χ4n) is 4.50. The molecule has 0 radical (unpaired) electrons. The van der Waals surface area contributed by atoms with Crippen LogP contribution in [0.3, 0.4) is 0 Å². The van der Waals surface area contributed by atoms with Gasteiger partial charge in [-0.1, -0.05) is 36.4 Å². The molecule has 1 saturated heterocycles. The molecular formula is C24H29FN2O2. The van der Waals surface area contributed by atoms with Crippen molar-refractivity contribution in [1.82, 2.24) is 10.2 Å². The third kappa shape index (κ3) is 5.43. The lowest BCUT2D eigenvalue weighted by molar-refractivity contribution is -0.123. The van der Waals surface area contributed by atoms with Gasteiger partial charge < -0.3 is 10.1 Å². The number of carbonyl (C=O) groups excluding carboxylic acids is 1. The average Bonchev–Trinajstić information content (AvgIpc) is 3.21. The van der Waals surface area contributed by atoms with Crippen LogP contribution in [0, 0.1) is 5.82 Å². The molecule has 2 aliphatic rings. The molecule has 29 heavy (non-hydrogen) atoms. The number of amides is 1. The number of fused-ring (bicyclic) bond motifs is 1. The smallest absolute Gasteiger partial charge is 0.234 e. The Balaban J connectivity index is 1.41. The minimum atomic E-state index is -0.247. The first-order valence-electron chi connectivity index (χ1n) is 10.6. The zero-order valence-corrected chi connectivity index (χ0v) is 16.8. The van der Waals surface area contributed by atoms with Crippen molar-refractivity contribution in [3.8, 4) is 0 Å². The molecule has 0 aromatic heterocycles. The summed E-state index contributed by atoms with van der Waals surface area (Å²) in [4.78, 5) is 15.0. The maximum atomic E-state index is 13.6. The molecule has 4 rings (SSSR count). The Morgan fingerprint density at radius 1 is 1.14 bits per heavy atom. The molecule has 2 aromatic carbocycles. The number of ether oxygens (including phenoxy) is 1. The van der Waals surface area contributed by atoms with Crippen molar-refractivity contribution in [2.45, 2.75) is 50.8 Å². The maximum absolute atomic E-state index is 13.6. The van der Waals surface area contributed by atoms with Crippen molar-refractivity contribution in [3.63, 3.8) is 0 Å². The number of nitrogens with one attached hydrogen (secondary N) is 1. The highest BCUT2D eigenvalue weighted by Crippen LogP contribution is 2.29. The Hall–Kier alpha value is -2.24. The first kappa shape index (κ1) is 20.0. The van der Waals surface area contributed by atoms with Crippen molar-refractivity contribution < 1.29 is 13.9 Å². The summed E-state index contributed by atoms with van der Waals surface area (Å²) in [7, 11) is 0. The normalized spacial score (nSPS) is 21.2. The fraction of sp³-hybridized carbons (Fsp3) is 0.458. The van der Waals surface area contributed by atoms with Crippen molar-refractivity contribution >= 4 is 5.91 Å². The van der Waals surface area contributed by atoms with E-state index >= 15 is 0 Å². The van der Waals surface area contributed by atoms with Gasteiger partial charge in [-0.15, -0.1) is 0 Å². The van der Waals surface area contributed by atoms with E-state index in [4.69, 9.17) is 4.74 Å². The van der Waals surface area contributed by atoms with Gasteiger partial charge in [-0.2, -0.15) is 0 Å². The van der Waals surface area contributed by atoms with E-state index in [9.17, 15) is 9.18 Å². The summed E-state index contributed by atoms with van der Waals surface area (Å²) in [6.07, 6.45) is 5.35. The van der Waals surface area contributed by atoms with E-state index in [1.54, 1.807) is 6.07 Å². The van der Waals surface area contributed by atoms with Gasteiger partial charge in [-0.05, 0) is 60.9 Å². The van der Waals surface area contributed by atoms with Gasteiger partial charge in [0.15, 0.2) is 0 Å². The number of hydrogen-bond donors (Lipinski definition) is 1. The molecule has 0 saturated carbocycles. The average molecular weight is 397 g/mol. The van der Waals surface area contributed by atoms with Crippen LogP contribution in [0.2, 0.25) is 0 Å². The monoisotopic (exact) mass is 396 g/mol. The van der Waals surface area contributed by atoms with Crippen LogP contribution < -0.4 is 5.32 Å². The number of carbonyl (C=O) groups is 1. The van der Waals surface area contributed by atoms with Crippen LogP contribution in [-0.4, -0.2) is 36.6 Å². The van der Waals surface area contributed by atoms with Gasteiger partial charge in [-0.25, -0.2) is 4.39 Å². The lowest BCUT2D eigenvalue weighted by Gasteiger charge is -2.29. The number of rotatable bonds is 7. The van der Waals surface area contributed by atoms with E-state index in [0.29, 0.717) is 13.1 Å². The SMILES string of the molecule is O=C(CN(Cc1cccc(F)c1)CC1CCCO1)NC1CCCc2ccccc21. The summed E-state index contributed by atoms with van der Waals surface area (Å²) >= 11 is 0. The molecule has 0 bridgehead atoms. The molecule has 4 nitrogen and oxygen atoms in total. The number of aryl methyl sites for hydroxylation is 1. The lowest BCUT2D eigenvalue weighted by Crippen LogP contribution is -2.42. The number of benzene rings is 2. The lowest BCUT2D eigenvalue weighted by atomic mass is 9.88. The Morgan fingerprint density at radius 3 is 2.86 bits per heavy atom. The van der Waals surface area contributed by atoms with Gasteiger partial charge in [0.05, 0.1) is 18.7 Å². The van der Waals surface area contributed by atoms with Gasteiger partial charge in [-0.3, -0.25) is 9.69 Å². The molecule has 1 N–H and O–H groups in total. The van der Waals surface area contributed by atoms with Gasteiger partial charge in [0, 0.05) is 19.7 Å². The van der Waals surface area contributed by atoms with E-state index < -0.39 is 0 Å². The highest BCUT2D eigenvalue weighted by molar-refractivity contribution is 5.78. The number of halogens is 1. The number of nitrogens with zero attached hydrogens (tertiary/aromatic N) is 1. The molecule has 0 spiro atoms. The summed E-state index contributed by atoms with van der Waals surface area (Å²) < 4.78 is 19.4. The van der Waals surface area contributed by atoms with Crippen molar-refractivity contribution in [3.05, 3.63) is 71.0 Å². The zero-order valence-electron chi connectivity index (χ0n) is 16.8. The van der Waals surface area contributed by atoms with Crippen LogP contribution in [0.15, 0.2) is 48.5 Å². The number of hydrogen-bond acceptors (Lipinski definition) is 3. The molecule has 1 aliphatic heterocycles. The first-order valence-corrected chi connectivity index (χ1v) is 10.6. The highest BCUT2D eigenvalue weighted by Gasteiger charge is 2.24. The van der Waals surface area contributed by atoms with Gasteiger partial charge in [0.25, 0.3) is 0 Å². The minimum absolute atomic E-state index is 0.0149. The largest absolute Gasteiger partial charge is 0.377 e. The van der Waals surface area contributed by atoms with Gasteiger partial charge in [0.1, 0.15) is 5.82 Å². The summed E-state index contributed by atoms with van der Waals surface area (Å²) in [5.41, 5.74) is 3.45. The van der Waals surface area contributed by atoms with E-state index in [-0.39, 0.29) is 30.4 Å². The standard InChI is InChI=1S/C24H29FN2O2/c25-20-9-3-6-18(14-20)15-27(16-21-10-5-13-29-21)17-24(28)26-23-12-4-8-19-7-1-2-11-22(19)23/h1-3,6-7,9,11,14,21,23H,4-5,8,10,12-13,15-17H2,(H,26,28). The second-order valence-corrected chi connectivity index (χ2v) is 8.15. The topological polar surface area (TPSA) is 41.6 Å². The fourth-order valence-corrected chi connectivity index (χ4v) is 4.50. The molecule has 1 heterocycles. The van der Waals surface area contributed by atoms with Crippen molar-refractivity contribution in [2.75, 3.05) is 19.7 Å². The van der Waals surface area contributed by atoms with Crippen LogP contribution >= 0.6 is 0 Å². The van der Waals surface area contributed by atoms with E-state index in [0.717, 1.165) is 44.3 Å². The Kier molecular flexibility index (Phi) is 6.57. The molecule has 1 amide bonds. The van der Waals surface area contributed by atoms with Crippen LogP contribution in [0.25, 0.3) is 0 Å². The Morgan fingerprint density at radius 2 is 2.03 bits per heavy atom. The summed E-state index contributed by atoms with van der Waals surface area (Å²) in [5, 5.41) is 3.23. The molecular weight excluding hydrogens is 367 g/mol. The second kappa shape index (κ2) is 9.51. The van der Waals surface area contributed by atoms with Crippen LogP contribution in [0.1, 0.15) is 48.4 Å². The predicted octanol–water partition coefficient (Wildman–Crippen LogP) is 4.00. The van der Waals surface area contributed by atoms with Crippen LogP contribution in [0.4, 0.5) is 4.39 Å². The Bertz CT molecular complexity index is 835.